The molecule has 1 saturated carbocycles. The third-order valence-corrected chi connectivity index (χ3v) is 7.52. The molecule has 3 fully saturated rings. The van der Waals surface area contributed by atoms with Crippen molar-refractivity contribution in [3.05, 3.63) is 29.8 Å². The first kappa shape index (κ1) is 21.6. The number of methoxy groups -OCH3 is 1. The minimum atomic E-state index is -0.244. The number of amides is 1. The molecule has 0 bridgehead atoms. The van der Waals surface area contributed by atoms with Crippen LogP contribution in [0.2, 0.25) is 0 Å². The van der Waals surface area contributed by atoms with Crippen LogP contribution in [0.1, 0.15) is 70.5 Å². The highest BCUT2D eigenvalue weighted by atomic mass is 16.5. The Kier molecular flexibility index (Phi) is 6.69. The lowest BCUT2D eigenvalue weighted by Crippen LogP contribution is -2.60. The van der Waals surface area contributed by atoms with E-state index in [2.05, 4.69) is 48.3 Å². The van der Waals surface area contributed by atoms with Gasteiger partial charge in [0.2, 0.25) is 5.91 Å². The third kappa shape index (κ3) is 4.67. The van der Waals surface area contributed by atoms with E-state index in [4.69, 9.17) is 9.47 Å². The fraction of sp³-hybridized carbons (Fsp3) is 0.720. The van der Waals surface area contributed by atoms with Crippen LogP contribution in [0, 0.1) is 11.8 Å². The molecule has 1 amide bonds. The van der Waals surface area contributed by atoms with E-state index in [0.29, 0.717) is 24.9 Å². The van der Waals surface area contributed by atoms with E-state index in [9.17, 15) is 4.79 Å². The largest absolute Gasteiger partial charge is 0.384 e. The van der Waals surface area contributed by atoms with Gasteiger partial charge in [0, 0.05) is 50.2 Å². The molecule has 5 atom stereocenters. The Balaban J connectivity index is 1.52. The van der Waals surface area contributed by atoms with Crippen molar-refractivity contribution in [2.45, 2.75) is 76.5 Å². The summed E-state index contributed by atoms with van der Waals surface area (Å²) in [7, 11) is 1.64. The number of rotatable bonds is 6. The normalized spacial score (nSPS) is 33.9. The standard InChI is InChI=1S/C25H38N2O3/c1-18-6-11-21-22(16-18)30-23(17-25(21,2)26-24(28)12-15-29-3)19-7-9-20(10-8-19)27-13-4-5-14-27/h7-10,18,21-23H,4-6,11-17H2,1-3H3,(H,26,28)/t18-,21-,22-,23-,25+/m1/s1. The lowest BCUT2D eigenvalue weighted by Gasteiger charge is -2.52. The highest BCUT2D eigenvalue weighted by Crippen LogP contribution is 2.48. The molecule has 0 unspecified atom stereocenters. The Morgan fingerprint density at radius 2 is 1.97 bits per heavy atom. The number of benzene rings is 1. The average molecular weight is 415 g/mol. The van der Waals surface area contributed by atoms with Gasteiger partial charge in [-0.05, 0) is 56.2 Å². The molecule has 1 aliphatic carbocycles. The van der Waals surface area contributed by atoms with Crippen molar-refractivity contribution in [1.82, 2.24) is 5.32 Å². The van der Waals surface area contributed by atoms with Gasteiger partial charge >= 0.3 is 0 Å². The minimum absolute atomic E-state index is 0.0249. The summed E-state index contributed by atoms with van der Waals surface area (Å²) < 4.78 is 11.8. The molecule has 5 nitrogen and oxygen atoms in total. The maximum Gasteiger partial charge on any atom is 0.222 e. The summed E-state index contributed by atoms with van der Waals surface area (Å²) in [6, 6.07) is 8.96. The van der Waals surface area contributed by atoms with E-state index in [1.165, 1.54) is 30.5 Å². The van der Waals surface area contributed by atoms with Crippen molar-refractivity contribution in [3.63, 3.8) is 0 Å². The zero-order valence-electron chi connectivity index (χ0n) is 18.9. The Morgan fingerprint density at radius 1 is 1.23 bits per heavy atom. The summed E-state index contributed by atoms with van der Waals surface area (Å²) in [5.41, 5.74) is 2.30. The van der Waals surface area contributed by atoms with Gasteiger partial charge in [-0.25, -0.2) is 0 Å². The number of carbonyl (C=O) groups is 1. The third-order valence-electron chi connectivity index (χ3n) is 7.52. The maximum absolute atomic E-state index is 12.6. The Labute approximate surface area is 181 Å². The summed E-state index contributed by atoms with van der Waals surface area (Å²) in [6.45, 7) is 7.34. The second kappa shape index (κ2) is 9.27. The molecule has 0 radical (unpaired) electrons. The van der Waals surface area contributed by atoms with Crippen molar-refractivity contribution < 1.29 is 14.3 Å². The Bertz CT molecular complexity index is 716. The number of fused-ring (bicyclic) bond motifs is 1. The quantitative estimate of drug-likeness (QED) is 0.746. The molecule has 2 saturated heterocycles. The molecule has 2 aliphatic heterocycles. The van der Waals surface area contributed by atoms with Crippen molar-refractivity contribution in [2.24, 2.45) is 11.8 Å². The summed E-state index contributed by atoms with van der Waals surface area (Å²) in [6.07, 6.45) is 7.45. The molecular weight excluding hydrogens is 376 g/mol. The van der Waals surface area contributed by atoms with E-state index in [-0.39, 0.29) is 23.7 Å². The van der Waals surface area contributed by atoms with Crippen LogP contribution in [0.3, 0.4) is 0 Å². The van der Waals surface area contributed by atoms with Gasteiger partial charge in [-0.3, -0.25) is 4.79 Å². The van der Waals surface area contributed by atoms with Crippen LogP contribution in [0.25, 0.3) is 0 Å². The van der Waals surface area contributed by atoms with Crippen molar-refractivity contribution in [1.29, 1.82) is 0 Å². The molecule has 5 heteroatoms. The first-order chi connectivity index (χ1) is 14.5. The van der Waals surface area contributed by atoms with Crippen molar-refractivity contribution in [2.75, 3.05) is 31.7 Å². The molecule has 2 heterocycles. The van der Waals surface area contributed by atoms with Gasteiger partial charge in [-0.15, -0.1) is 0 Å². The number of ether oxygens (including phenoxy) is 2. The minimum Gasteiger partial charge on any atom is -0.384 e. The van der Waals surface area contributed by atoms with E-state index < -0.39 is 0 Å². The SMILES string of the molecule is COCCC(=O)N[C@@]1(C)C[C@H](c2ccc(N3CCCC3)cc2)O[C@@H]2C[C@H](C)CC[C@H]21. The predicted molar refractivity (Wildman–Crippen MR) is 120 cm³/mol. The van der Waals surface area contributed by atoms with Crippen LogP contribution in [0.15, 0.2) is 24.3 Å². The van der Waals surface area contributed by atoms with Gasteiger partial charge in [0.1, 0.15) is 0 Å². The van der Waals surface area contributed by atoms with Crippen LogP contribution < -0.4 is 10.2 Å². The summed E-state index contributed by atoms with van der Waals surface area (Å²) in [4.78, 5) is 15.1. The smallest absolute Gasteiger partial charge is 0.222 e. The van der Waals surface area contributed by atoms with Crippen LogP contribution in [-0.2, 0) is 14.3 Å². The molecule has 4 rings (SSSR count). The Hall–Kier alpha value is -1.59. The molecule has 1 N–H and O–H groups in total. The molecule has 3 aliphatic rings. The molecule has 30 heavy (non-hydrogen) atoms. The van der Waals surface area contributed by atoms with Crippen LogP contribution in [0.4, 0.5) is 5.69 Å². The highest BCUT2D eigenvalue weighted by Gasteiger charge is 2.49. The van der Waals surface area contributed by atoms with Gasteiger partial charge in [-0.2, -0.15) is 0 Å². The Morgan fingerprint density at radius 3 is 2.67 bits per heavy atom. The van der Waals surface area contributed by atoms with Crippen LogP contribution >= 0.6 is 0 Å². The van der Waals surface area contributed by atoms with Gasteiger partial charge in [0.05, 0.1) is 18.8 Å². The zero-order chi connectivity index (χ0) is 21.1. The maximum atomic E-state index is 12.6. The fourth-order valence-corrected chi connectivity index (χ4v) is 5.79. The van der Waals surface area contributed by atoms with Crippen molar-refractivity contribution >= 4 is 11.6 Å². The number of nitrogens with one attached hydrogen (secondary N) is 1. The molecule has 0 aromatic heterocycles. The molecule has 0 spiro atoms. The predicted octanol–water partition coefficient (Wildman–Crippen LogP) is 4.46. The van der Waals surface area contributed by atoms with E-state index in [1.807, 2.05) is 0 Å². The average Bonchev–Trinajstić information content (AvgIpc) is 3.26. The topological polar surface area (TPSA) is 50.8 Å². The molecule has 1 aromatic carbocycles. The number of nitrogens with zero attached hydrogens (tertiary/aromatic N) is 1. The van der Waals surface area contributed by atoms with Gasteiger partial charge < -0.3 is 19.7 Å². The number of carbonyl (C=O) groups excluding carboxylic acids is 1. The molecule has 1 aromatic rings. The zero-order valence-corrected chi connectivity index (χ0v) is 18.9. The number of hydrogen-bond donors (Lipinski definition) is 1. The lowest BCUT2D eigenvalue weighted by molar-refractivity contribution is -0.154. The number of hydrogen-bond acceptors (Lipinski definition) is 4. The monoisotopic (exact) mass is 414 g/mol. The van der Waals surface area contributed by atoms with Crippen molar-refractivity contribution in [3.8, 4) is 0 Å². The van der Waals surface area contributed by atoms with Gasteiger partial charge in [0.25, 0.3) is 0 Å². The summed E-state index contributed by atoms with van der Waals surface area (Å²) in [5, 5.41) is 3.39. The van der Waals surface area contributed by atoms with Gasteiger partial charge in [0.15, 0.2) is 0 Å². The number of anilines is 1. The second-order valence-electron chi connectivity index (χ2n) is 9.89. The van der Waals surface area contributed by atoms with Crippen LogP contribution in [-0.4, -0.2) is 44.4 Å². The lowest BCUT2D eigenvalue weighted by atomic mass is 9.66. The molecule has 166 valence electrons. The highest BCUT2D eigenvalue weighted by molar-refractivity contribution is 5.77. The van der Waals surface area contributed by atoms with Gasteiger partial charge in [-0.1, -0.05) is 25.5 Å². The summed E-state index contributed by atoms with van der Waals surface area (Å²) in [5.74, 6) is 1.14. The fourth-order valence-electron chi connectivity index (χ4n) is 5.79. The molecular formula is C25H38N2O3. The second-order valence-corrected chi connectivity index (χ2v) is 9.89. The first-order valence-corrected chi connectivity index (χ1v) is 11.8. The van der Waals surface area contributed by atoms with Crippen LogP contribution in [0.5, 0.6) is 0 Å². The van der Waals surface area contributed by atoms with E-state index in [0.717, 1.165) is 32.4 Å². The van der Waals surface area contributed by atoms with E-state index in [1.54, 1.807) is 7.11 Å². The summed E-state index contributed by atoms with van der Waals surface area (Å²) >= 11 is 0. The first-order valence-electron chi connectivity index (χ1n) is 11.8. The van der Waals surface area contributed by atoms with E-state index >= 15 is 0 Å².